The number of anilines is 1. The van der Waals surface area contributed by atoms with Crippen LogP contribution in [0.4, 0.5) is 5.69 Å². The van der Waals surface area contributed by atoms with Crippen LogP contribution >= 0.6 is 0 Å². The lowest BCUT2D eigenvalue weighted by atomic mass is 10.1. The zero-order valence-corrected chi connectivity index (χ0v) is 18.0. The third-order valence-electron chi connectivity index (χ3n) is 4.93. The standard InChI is InChI=1S/C24H25N3O4/c1-16-14-21(17(2)27(16)25-23(29)18-8-6-5-7-9-18)22(28)15-31-24(30)19-10-12-20(13-11-19)26(3)4/h5-14H,15H2,1-4H3,(H,25,29). The van der Waals surface area contributed by atoms with Crippen molar-refractivity contribution in [3.63, 3.8) is 0 Å². The second-order valence-electron chi connectivity index (χ2n) is 7.37. The molecule has 3 rings (SSSR count). The van der Waals surface area contributed by atoms with Gasteiger partial charge in [-0.05, 0) is 56.3 Å². The third-order valence-corrected chi connectivity index (χ3v) is 4.93. The summed E-state index contributed by atoms with van der Waals surface area (Å²) in [5.74, 6) is -1.19. The van der Waals surface area contributed by atoms with Gasteiger partial charge < -0.3 is 9.64 Å². The number of carbonyl (C=O) groups is 3. The average Bonchev–Trinajstić information content (AvgIpc) is 3.06. The first-order valence-corrected chi connectivity index (χ1v) is 9.81. The minimum absolute atomic E-state index is 0.283. The van der Waals surface area contributed by atoms with Crippen LogP contribution in [0.5, 0.6) is 0 Å². The van der Waals surface area contributed by atoms with E-state index in [4.69, 9.17) is 4.74 Å². The number of aromatic nitrogens is 1. The second-order valence-corrected chi connectivity index (χ2v) is 7.37. The van der Waals surface area contributed by atoms with Gasteiger partial charge in [0, 0.05) is 42.3 Å². The van der Waals surface area contributed by atoms with Gasteiger partial charge in [0.05, 0.1) is 5.56 Å². The maximum atomic E-state index is 12.7. The van der Waals surface area contributed by atoms with Gasteiger partial charge in [-0.3, -0.25) is 19.7 Å². The molecule has 7 nitrogen and oxygen atoms in total. The minimum atomic E-state index is -0.565. The summed E-state index contributed by atoms with van der Waals surface area (Å²) in [6, 6.07) is 17.4. The number of ether oxygens (including phenoxy) is 1. The van der Waals surface area contributed by atoms with E-state index in [9.17, 15) is 14.4 Å². The Bertz CT molecular complexity index is 1100. The van der Waals surface area contributed by atoms with Gasteiger partial charge in [-0.1, -0.05) is 18.2 Å². The van der Waals surface area contributed by atoms with Crippen LogP contribution in [0.1, 0.15) is 42.5 Å². The van der Waals surface area contributed by atoms with E-state index in [1.165, 1.54) is 0 Å². The monoisotopic (exact) mass is 419 g/mol. The Morgan fingerprint density at radius 3 is 2.19 bits per heavy atom. The number of ketones is 1. The molecule has 1 N–H and O–H groups in total. The highest BCUT2D eigenvalue weighted by Gasteiger charge is 2.19. The van der Waals surface area contributed by atoms with Gasteiger partial charge in [0.1, 0.15) is 0 Å². The van der Waals surface area contributed by atoms with Crippen LogP contribution in [0.25, 0.3) is 0 Å². The van der Waals surface area contributed by atoms with Crippen LogP contribution in [-0.2, 0) is 4.74 Å². The van der Waals surface area contributed by atoms with E-state index in [2.05, 4.69) is 5.43 Å². The van der Waals surface area contributed by atoms with E-state index in [1.807, 2.05) is 25.1 Å². The summed E-state index contributed by atoms with van der Waals surface area (Å²) in [5, 5.41) is 0. The summed E-state index contributed by atoms with van der Waals surface area (Å²) in [6.07, 6.45) is 0. The molecular formula is C24H25N3O4. The summed E-state index contributed by atoms with van der Waals surface area (Å²) >= 11 is 0. The summed E-state index contributed by atoms with van der Waals surface area (Å²) < 4.78 is 6.76. The largest absolute Gasteiger partial charge is 0.454 e. The summed E-state index contributed by atoms with van der Waals surface area (Å²) in [5.41, 5.74) is 6.28. The number of esters is 1. The van der Waals surface area contributed by atoms with Crippen molar-refractivity contribution in [2.75, 3.05) is 31.0 Å². The molecule has 0 saturated heterocycles. The molecular weight excluding hydrogens is 394 g/mol. The highest BCUT2D eigenvalue weighted by molar-refractivity contribution is 6.02. The molecule has 1 aromatic heterocycles. The molecule has 1 heterocycles. The van der Waals surface area contributed by atoms with E-state index >= 15 is 0 Å². The van der Waals surface area contributed by atoms with Crippen molar-refractivity contribution < 1.29 is 19.1 Å². The first-order chi connectivity index (χ1) is 14.8. The van der Waals surface area contributed by atoms with E-state index in [0.29, 0.717) is 28.1 Å². The number of aryl methyl sites for hydroxylation is 1. The molecule has 0 radical (unpaired) electrons. The van der Waals surface area contributed by atoms with Crippen LogP contribution < -0.4 is 10.3 Å². The summed E-state index contributed by atoms with van der Waals surface area (Å²) in [4.78, 5) is 39.3. The zero-order chi connectivity index (χ0) is 22.5. The van der Waals surface area contributed by atoms with E-state index in [1.54, 1.807) is 73.1 Å². The Balaban J connectivity index is 1.66. The molecule has 0 atom stereocenters. The lowest BCUT2D eigenvalue weighted by Crippen LogP contribution is -2.25. The van der Waals surface area contributed by atoms with Gasteiger partial charge in [-0.25, -0.2) is 4.79 Å². The molecule has 2 aromatic carbocycles. The molecule has 0 aliphatic rings. The predicted octanol–water partition coefficient (Wildman–Crippen LogP) is 3.59. The fraction of sp³-hybridized carbons (Fsp3) is 0.208. The van der Waals surface area contributed by atoms with Gasteiger partial charge in [0.25, 0.3) is 5.91 Å². The van der Waals surface area contributed by atoms with Gasteiger partial charge in [0.2, 0.25) is 5.78 Å². The van der Waals surface area contributed by atoms with Crippen LogP contribution in [0.15, 0.2) is 60.7 Å². The molecule has 31 heavy (non-hydrogen) atoms. The molecule has 0 bridgehead atoms. The topological polar surface area (TPSA) is 80.6 Å². The van der Waals surface area contributed by atoms with Gasteiger partial charge >= 0.3 is 5.97 Å². The molecule has 0 unspecified atom stereocenters. The first-order valence-electron chi connectivity index (χ1n) is 9.81. The molecule has 0 aliphatic carbocycles. The van der Waals surface area contributed by atoms with Crippen LogP contribution in [0.2, 0.25) is 0 Å². The van der Waals surface area contributed by atoms with Crippen molar-refractivity contribution >= 4 is 23.3 Å². The van der Waals surface area contributed by atoms with Crippen molar-refractivity contribution in [3.05, 3.63) is 88.7 Å². The molecule has 0 aliphatic heterocycles. The Morgan fingerprint density at radius 1 is 0.935 bits per heavy atom. The predicted molar refractivity (Wildman–Crippen MR) is 119 cm³/mol. The normalized spacial score (nSPS) is 10.5. The Hall–Kier alpha value is -3.87. The second kappa shape index (κ2) is 9.30. The van der Waals surface area contributed by atoms with Crippen molar-refractivity contribution in [2.24, 2.45) is 0 Å². The van der Waals surface area contributed by atoms with Crippen molar-refractivity contribution in [1.29, 1.82) is 0 Å². The first kappa shape index (κ1) is 21.8. The number of benzene rings is 2. The Kier molecular flexibility index (Phi) is 6.55. The number of carbonyl (C=O) groups excluding carboxylic acids is 3. The summed E-state index contributed by atoms with van der Waals surface area (Å²) in [6.45, 7) is 3.13. The summed E-state index contributed by atoms with van der Waals surface area (Å²) in [7, 11) is 3.81. The van der Waals surface area contributed by atoms with Gasteiger partial charge in [0.15, 0.2) is 6.61 Å². The lowest BCUT2D eigenvalue weighted by molar-refractivity contribution is 0.0474. The average molecular weight is 419 g/mol. The fourth-order valence-corrected chi connectivity index (χ4v) is 3.16. The molecule has 3 aromatic rings. The smallest absolute Gasteiger partial charge is 0.338 e. The molecule has 160 valence electrons. The third kappa shape index (κ3) is 5.01. The van der Waals surface area contributed by atoms with E-state index in [0.717, 1.165) is 5.69 Å². The number of Topliss-reactive ketones (excluding diaryl/α,β-unsaturated/α-hetero) is 1. The quantitative estimate of drug-likeness (QED) is 0.468. The lowest BCUT2D eigenvalue weighted by Gasteiger charge is -2.12. The van der Waals surface area contributed by atoms with Crippen LogP contribution in [-0.4, -0.2) is 43.0 Å². The SMILES string of the molecule is Cc1cc(C(=O)COC(=O)c2ccc(N(C)C)cc2)c(C)n1NC(=O)c1ccccc1. The Labute approximate surface area is 181 Å². The van der Waals surface area contributed by atoms with E-state index < -0.39 is 5.97 Å². The Morgan fingerprint density at radius 2 is 1.58 bits per heavy atom. The highest BCUT2D eigenvalue weighted by atomic mass is 16.5. The molecule has 1 amide bonds. The number of amides is 1. The molecule has 7 heteroatoms. The number of nitrogens with zero attached hydrogens (tertiary/aromatic N) is 2. The minimum Gasteiger partial charge on any atom is -0.454 e. The van der Waals surface area contributed by atoms with Gasteiger partial charge in [-0.2, -0.15) is 0 Å². The van der Waals surface area contributed by atoms with Gasteiger partial charge in [-0.15, -0.1) is 0 Å². The maximum Gasteiger partial charge on any atom is 0.338 e. The molecule has 0 spiro atoms. The maximum absolute atomic E-state index is 12.7. The number of hydrogen-bond donors (Lipinski definition) is 1. The highest BCUT2D eigenvalue weighted by Crippen LogP contribution is 2.16. The van der Waals surface area contributed by atoms with Crippen LogP contribution in [0.3, 0.4) is 0 Å². The molecule has 0 saturated carbocycles. The zero-order valence-electron chi connectivity index (χ0n) is 18.0. The van der Waals surface area contributed by atoms with Crippen molar-refractivity contribution in [2.45, 2.75) is 13.8 Å². The number of rotatable bonds is 7. The van der Waals surface area contributed by atoms with E-state index in [-0.39, 0.29) is 18.3 Å². The molecule has 0 fully saturated rings. The number of hydrogen-bond acceptors (Lipinski definition) is 5. The van der Waals surface area contributed by atoms with Crippen LogP contribution in [0, 0.1) is 13.8 Å². The van der Waals surface area contributed by atoms with Crippen molar-refractivity contribution in [1.82, 2.24) is 4.68 Å². The number of nitrogens with one attached hydrogen (secondary N) is 1. The fourth-order valence-electron chi connectivity index (χ4n) is 3.16. The van der Waals surface area contributed by atoms with Crippen molar-refractivity contribution in [3.8, 4) is 0 Å².